The Kier molecular flexibility index (Phi) is 8.14. The Bertz CT molecular complexity index is 729. The van der Waals surface area contributed by atoms with Crippen LogP contribution in [0.4, 0.5) is 0 Å². The van der Waals surface area contributed by atoms with Gasteiger partial charge in [-0.3, -0.25) is 4.79 Å². The number of benzene rings is 2. The molecule has 0 heterocycles. The molecule has 2 rings (SSSR count). The van der Waals surface area contributed by atoms with Gasteiger partial charge in [0.1, 0.15) is 0 Å². The molecule has 0 aliphatic carbocycles. The van der Waals surface area contributed by atoms with Crippen molar-refractivity contribution in [2.45, 2.75) is 46.2 Å². The minimum atomic E-state index is -0.157. The van der Waals surface area contributed by atoms with Gasteiger partial charge in [-0.1, -0.05) is 32.0 Å². The van der Waals surface area contributed by atoms with Crippen LogP contribution in [0.15, 0.2) is 42.5 Å². The molecule has 2 aromatic carbocycles. The topological polar surface area (TPSA) is 73.6 Å². The summed E-state index contributed by atoms with van der Waals surface area (Å²) < 4.78 is 11.6. The van der Waals surface area contributed by atoms with Crippen molar-refractivity contribution in [3.8, 4) is 11.5 Å². The number of carbonyl (C=O) groups excluding carboxylic acids is 1. The maximum absolute atomic E-state index is 12.5. The smallest absolute Gasteiger partial charge is 0.251 e. The third kappa shape index (κ3) is 6.00. The van der Waals surface area contributed by atoms with Gasteiger partial charge in [-0.2, -0.15) is 0 Å². The predicted molar refractivity (Wildman–Crippen MR) is 108 cm³/mol. The van der Waals surface area contributed by atoms with Gasteiger partial charge in [0.25, 0.3) is 5.91 Å². The van der Waals surface area contributed by atoms with Gasteiger partial charge in [0.15, 0.2) is 11.5 Å². The van der Waals surface area contributed by atoms with E-state index in [0.29, 0.717) is 25.3 Å². The summed E-state index contributed by atoms with van der Waals surface area (Å²) in [7, 11) is 0. The van der Waals surface area contributed by atoms with Crippen molar-refractivity contribution in [1.29, 1.82) is 0 Å². The fourth-order valence-corrected chi connectivity index (χ4v) is 2.61. The molecule has 0 aliphatic rings. The monoisotopic (exact) mass is 370 g/mol. The number of rotatable bonds is 10. The molecule has 0 radical (unpaired) electrons. The summed E-state index contributed by atoms with van der Waals surface area (Å²) in [4.78, 5) is 12.5. The molecule has 5 heteroatoms. The van der Waals surface area contributed by atoms with E-state index < -0.39 is 0 Å². The first kappa shape index (κ1) is 20.8. The Morgan fingerprint density at radius 1 is 1.00 bits per heavy atom. The summed E-state index contributed by atoms with van der Waals surface area (Å²) in [6.07, 6.45) is 1.85. The standard InChI is InChI=1S/C22H30N2O3/c1-4-12-26-20-11-10-19(14-21(20)27-13-5-2)16(3)24-22(25)18-8-6-17(15-23)7-9-18/h6-11,14,16H,4-5,12-13,15,23H2,1-3H3,(H,24,25). The highest BCUT2D eigenvalue weighted by molar-refractivity contribution is 5.94. The first-order valence-electron chi connectivity index (χ1n) is 9.58. The van der Waals surface area contributed by atoms with Crippen molar-refractivity contribution >= 4 is 5.91 Å². The third-order valence-electron chi connectivity index (χ3n) is 4.19. The van der Waals surface area contributed by atoms with E-state index in [1.54, 1.807) is 12.1 Å². The highest BCUT2D eigenvalue weighted by atomic mass is 16.5. The quantitative estimate of drug-likeness (QED) is 0.657. The van der Waals surface area contributed by atoms with Crippen LogP contribution >= 0.6 is 0 Å². The van der Waals surface area contributed by atoms with Crippen LogP contribution in [-0.4, -0.2) is 19.1 Å². The largest absolute Gasteiger partial charge is 0.490 e. The zero-order chi connectivity index (χ0) is 19.6. The Morgan fingerprint density at radius 2 is 1.63 bits per heavy atom. The molecule has 5 nitrogen and oxygen atoms in total. The molecule has 2 aromatic rings. The normalized spacial score (nSPS) is 11.7. The minimum Gasteiger partial charge on any atom is -0.490 e. The minimum absolute atomic E-state index is 0.117. The SMILES string of the molecule is CCCOc1ccc(C(C)NC(=O)c2ccc(CN)cc2)cc1OCCC. The number of ether oxygens (including phenoxy) is 2. The molecule has 3 N–H and O–H groups in total. The van der Waals surface area contributed by atoms with Gasteiger partial charge in [-0.05, 0) is 55.2 Å². The fourth-order valence-electron chi connectivity index (χ4n) is 2.61. The van der Waals surface area contributed by atoms with Crippen LogP contribution < -0.4 is 20.5 Å². The number of hydrogen-bond acceptors (Lipinski definition) is 4. The van der Waals surface area contributed by atoms with Crippen molar-refractivity contribution in [2.75, 3.05) is 13.2 Å². The molecule has 1 atom stereocenters. The second kappa shape index (κ2) is 10.6. The van der Waals surface area contributed by atoms with Gasteiger partial charge in [0.2, 0.25) is 0 Å². The summed E-state index contributed by atoms with van der Waals surface area (Å²) in [6, 6.07) is 13.0. The van der Waals surface area contributed by atoms with Gasteiger partial charge in [0, 0.05) is 12.1 Å². The van der Waals surface area contributed by atoms with Gasteiger partial charge in [0.05, 0.1) is 19.3 Å². The summed E-state index contributed by atoms with van der Waals surface area (Å²) >= 11 is 0. The van der Waals surface area contributed by atoms with Crippen molar-refractivity contribution < 1.29 is 14.3 Å². The Balaban J connectivity index is 2.11. The average Bonchev–Trinajstić information content (AvgIpc) is 2.70. The van der Waals surface area contributed by atoms with Crippen LogP contribution in [-0.2, 0) is 6.54 Å². The first-order chi connectivity index (χ1) is 13.1. The summed E-state index contributed by atoms with van der Waals surface area (Å²) in [5.74, 6) is 1.34. The van der Waals surface area contributed by atoms with E-state index in [0.717, 1.165) is 35.5 Å². The van der Waals surface area contributed by atoms with E-state index in [1.807, 2.05) is 37.3 Å². The van der Waals surface area contributed by atoms with Crippen LogP contribution in [0.1, 0.15) is 61.1 Å². The molecule has 0 bridgehead atoms. The maximum Gasteiger partial charge on any atom is 0.251 e. The van der Waals surface area contributed by atoms with E-state index >= 15 is 0 Å². The number of nitrogens with one attached hydrogen (secondary N) is 1. The van der Waals surface area contributed by atoms with Crippen LogP contribution in [0.3, 0.4) is 0 Å². The lowest BCUT2D eigenvalue weighted by Gasteiger charge is -2.18. The van der Waals surface area contributed by atoms with Crippen molar-refractivity contribution in [1.82, 2.24) is 5.32 Å². The lowest BCUT2D eigenvalue weighted by atomic mass is 10.1. The second-order valence-electron chi connectivity index (χ2n) is 6.50. The number of nitrogens with two attached hydrogens (primary N) is 1. The van der Waals surface area contributed by atoms with Crippen LogP contribution in [0.2, 0.25) is 0 Å². The molecule has 1 amide bonds. The van der Waals surface area contributed by atoms with E-state index in [2.05, 4.69) is 19.2 Å². The Labute approximate surface area is 161 Å². The molecule has 0 saturated carbocycles. The Hall–Kier alpha value is -2.53. The second-order valence-corrected chi connectivity index (χ2v) is 6.50. The number of carbonyl (C=O) groups is 1. The molecular formula is C22H30N2O3. The highest BCUT2D eigenvalue weighted by Crippen LogP contribution is 2.31. The zero-order valence-electron chi connectivity index (χ0n) is 16.5. The molecular weight excluding hydrogens is 340 g/mol. The van der Waals surface area contributed by atoms with Crippen molar-refractivity contribution in [2.24, 2.45) is 5.73 Å². The summed E-state index contributed by atoms with van der Waals surface area (Å²) in [6.45, 7) is 7.82. The molecule has 146 valence electrons. The summed E-state index contributed by atoms with van der Waals surface area (Å²) in [5, 5.41) is 3.03. The van der Waals surface area contributed by atoms with E-state index in [4.69, 9.17) is 15.2 Å². The molecule has 1 unspecified atom stereocenters. The molecule has 0 spiro atoms. The van der Waals surface area contributed by atoms with E-state index in [9.17, 15) is 4.79 Å². The molecule has 0 aliphatic heterocycles. The molecule has 0 saturated heterocycles. The average molecular weight is 370 g/mol. The highest BCUT2D eigenvalue weighted by Gasteiger charge is 2.14. The lowest BCUT2D eigenvalue weighted by Crippen LogP contribution is -2.26. The first-order valence-corrected chi connectivity index (χ1v) is 9.58. The molecule has 0 aromatic heterocycles. The van der Waals surface area contributed by atoms with Crippen LogP contribution in [0, 0.1) is 0 Å². The molecule has 0 fully saturated rings. The van der Waals surface area contributed by atoms with E-state index in [1.165, 1.54) is 0 Å². The third-order valence-corrected chi connectivity index (χ3v) is 4.19. The zero-order valence-corrected chi connectivity index (χ0v) is 16.5. The van der Waals surface area contributed by atoms with Gasteiger partial charge >= 0.3 is 0 Å². The van der Waals surface area contributed by atoms with E-state index in [-0.39, 0.29) is 11.9 Å². The predicted octanol–water partition coefficient (Wildman–Crippen LogP) is 4.21. The van der Waals surface area contributed by atoms with Crippen LogP contribution in [0.5, 0.6) is 11.5 Å². The van der Waals surface area contributed by atoms with Gasteiger partial charge in [-0.15, -0.1) is 0 Å². The van der Waals surface area contributed by atoms with Crippen molar-refractivity contribution in [3.05, 3.63) is 59.2 Å². The lowest BCUT2D eigenvalue weighted by molar-refractivity contribution is 0.0940. The van der Waals surface area contributed by atoms with Crippen LogP contribution in [0.25, 0.3) is 0 Å². The number of hydrogen-bond donors (Lipinski definition) is 2. The molecule has 27 heavy (non-hydrogen) atoms. The number of amides is 1. The van der Waals surface area contributed by atoms with Crippen molar-refractivity contribution in [3.63, 3.8) is 0 Å². The van der Waals surface area contributed by atoms with Gasteiger partial charge in [-0.25, -0.2) is 0 Å². The fraction of sp³-hybridized carbons (Fsp3) is 0.409. The summed E-state index contributed by atoms with van der Waals surface area (Å²) in [5.41, 5.74) is 8.19. The van der Waals surface area contributed by atoms with Gasteiger partial charge < -0.3 is 20.5 Å². The Morgan fingerprint density at radius 3 is 2.22 bits per heavy atom. The maximum atomic E-state index is 12.5.